The van der Waals surface area contributed by atoms with Gasteiger partial charge in [-0.05, 0) is 42.5 Å². The summed E-state index contributed by atoms with van der Waals surface area (Å²) in [5, 5.41) is 5.05. The highest BCUT2D eigenvalue weighted by atomic mass is 16.3. The van der Waals surface area contributed by atoms with E-state index in [4.69, 9.17) is 4.42 Å². The van der Waals surface area contributed by atoms with Crippen molar-refractivity contribution in [3.8, 4) is 0 Å². The number of amides is 2. The van der Waals surface area contributed by atoms with E-state index in [1.807, 2.05) is 6.07 Å². The number of nitrogens with zero attached hydrogens (tertiary/aromatic N) is 2. The fourth-order valence-corrected chi connectivity index (χ4v) is 3.63. The standard InChI is InChI=1S/C16H14N2O3/c19-15-13-10-5-6-11(9-10)14(13)16(20)18(15)17-7-1-3-12-4-2-8-21-12/h1-8,10-11,13-14H,9H2/b3-1+,17-7?/t10-,11-,13-,14+/m0/s1. The van der Waals surface area contributed by atoms with E-state index in [9.17, 15) is 9.59 Å². The van der Waals surface area contributed by atoms with Crippen LogP contribution in [0, 0.1) is 23.7 Å². The topological polar surface area (TPSA) is 62.9 Å². The first kappa shape index (κ1) is 12.3. The molecule has 0 aromatic carbocycles. The van der Waals surface area contributed by atoms with Gasteiger partial charge in [0.15, 0.2) is 0 Å². The average Bonchev–Trinajstić information content (AvgIpc) is 3.23. The van der Waals surface area contributed by atoms with Crippen LogP contribution in [-0.4, -0.2) is 23.0 Å². The fourth-order valence-electron chi connectivity index (χ4n) is 3.63. The molecule has 5 nitrogen and oxygen atoms in total. The van der Waals surface area contributed by atoms with Crippen LogP contribution in [0.25, 0.3) is 6.08 Å². The minimum Gasteiger partial charge on any atom is -0.465 e. The van der Waals surface area contributed by atoms with E-state index >= 15 is 0 Å². The molecule has 2 aliphatic carbocycles. The number of rotatable bonds is 3. The van der Waals surface area contributed by atoms with Crippen molar-refractivity contribution in [2.45, 2.75) is 6.42 Å². The number of hydrogen-bond acceptors (Lipinski definition) is 4. The van der Waals surface area contributed by atoms with Crippen LogP contribution >= 0.6 is 0 Å². The lowest BCUT2D eigenvalue weighted by molar-refractivity contribution is -0.140. The number of hydrogen-bond donors (Lipinski definition) is 0. The molecule has 1 aromatic rings. The number of allylic oxidation sites excluding steroid dienone is 3. The Labute approximate surface area is 121 Å². The molecule has 3 aliphatic rings. The van der Waals surface area contributed by atoms with E-state index in [-0.39, 0.29) is 35.5 Å². The molecule has 1 aliphatic heterocycles. The van der Waals surface area contributed by atoms with Crippen molar-refractivity contribution < 1.29 is 14.0 Å². The maximum absolute atomic E-state index is 12.3. The van der Waals surface area contributed by atoms with E-state index < -0.39 is 0 Å². The highest BCUT2D eigenvalue weighted by Crippen LogP contribution is 2.52. The van der Waals surface area contributed by atoms with Crippen molar-refractivity contribution in [1.82, 2.24) is 5.01 Å². The van der Waals surface area contributed by atoms with Gasteiger partial charge in [-0.25, -0.2) is 0 Å². The second-order valence-electron chi connectivity index (χ2n) is 5.63. The van der Waals surface area contributed by atoms with E-state index in [2.05, 4.69) is 17.3 Å². The Morgan fingerprint density at radius 2 is 1.90 bits per heavy atom. The number of carbonyl (C=O) groups excluding carboxylic acids is 2. The predicted octanol–water partition coefficient (Wildman–Crippen LogP) is 2.09. The molecule has 1 aromatic heterocycles. The normalized spacial score (nSPS) is 34.0. The summed E-state index contributed by atoms with van der Waals surface area (Å²) in [6.45, 7) is 0. The van der Waals surface area contributed by atoms with Crippen LogP contribution in [-0.2, 0) is 9.59 Å². The maximum Gasteiger partial charge on any atom is 0.254 e. The molecule has 21 heavy (non-hydrogen) atoms. The van der Waals surface area contributed by atoms with Crippen molar-refractivity contribution >= 4 is 24.1 Å². The third-order valence-corrected chi connectivity index (χ3v) is 4.52. The van der Waals surface area contributed by atoms with Gasteiger partial charge in [0.25, 0.3) is 11.8 Å². The molecule has 2 heterocycles. The Morgan fingerprint density at radius 3 is 2.52 bits per heavy atom. The minimum atomic E-state index is -0.196. The van der Waals surface area contributed by atoms with Crippen molar-refractivity contribution in [1.29, 1.82) is 0 Å². The van der Waals surface area contributed by atoms with Gasteiger partial charge in [0.05, 0.1) is 18.1 Å². The molecular formula is C16H14N2O3. The number of fused-ring (bicyclic) bond motifs is 5. The van der Waals surface area contributed by atoms with Gasteiger partial charge in [-0.15, -0.1) is 0 Å². The number of furan rings is 1. The van der Waals surface area contributed by atoms with Gasteiger partial charge < -0.3 is 4.42 Å². The Kier molecular flexibility index (Phi) is 2.67. The summed E-state index contributed by atoms with van der Waals surface area (Å²) in [6.07, 6.45) is 11.5. The molecule has 1 saturated carbocycles. The lowest BCUT2D eigenvalue weighted by Crippen LogP contribution is -2.27. The predicted molar refractivity (Wildman–Crippen MR) is 75.8 cm³/mol. The third-order valence-electron chi connectivity index (χ3n) is 4.52. The number of imide groups is 1. The molecule has 1 saturated heterocycles. The van der Waals surface area contributed by atoms with Gasteiger partial charge in [-0.1, -0.05) is 12.2 Å². The first-order valence-corrected chi connectivity index (χ1v) is 7.06. The molecule has 0 unspecified atom stereocenters. The van der Waals surface area contributed by atoms with Gasteiger partial charge in [-0.2, -0.15) is 10.1 Å². The van der Waals surface area contributed by atoms with Gasteiger partial charge in [0.1, 0.15) is 5.76 Å². The highest BCUT2D eigenvalue weighted by molar-refractivity contribution is 6.06. The van der Waals surface area contributed by atoms with E-state index in [0.29, 0.717) is 5.76 Å². The molecule has 106 valence electrons. The monoisotopic (exact) mass is 282 g/mol. The van der Waals surface area contributed by atoms with Crippen LogP contribution in [0.15, 0.2) is 46.1 Å². The van der Waals surface area contributed by atoms with Crippen LogP contribution in [0.5, 0.6) is 0 Å². The lowest BCUT2D eigenvalue weighted by atomic mass is 9.85. The van der Waals surface area contributed by atoms with Crippen LogP contribution in [0.3, 0.4) is 0 Å². The summed E-state index contributed by atoms with van der Waals surface area (Å²) in [5.41, 5.74) is 0. The first-order valence-electron chi connectivity index (χ1n) is 7.06. The second-order valence-corrected chi connectivity index (χ2v) is 5.63. The molecule has 0 N–H and O–H groups in total. The van der Waals surface area contributed by atoms with Gasteiger partial charge >= 0.3 is 0 Å². The third kappa shape index (κ3) is 1.81. The fraction of sp³-hybridized carbons (Fsp3) is 0.312. The van der Waals surface area contributed by atoms with Crippen molar-refractivity contribution in [2.75, 3.05) is 0 Å². The lowest BCUT2D eigenvalue weighted by Gasteiger charge is -2.13. The molecule has 0 radical (unpaired) electrons. The Balaban J connectivity index is 1.49. The summed E-state index contributed by atoms with van der Waals surface area (Å²) in [6, 6.07) is 3.60. The molecule has 0 spiro atoms. The first-order chi connectivity index (χ1) is 10.3. The van der Waals surface area contributed by atoms with E-state index in [0.717, 1.165) is 11.4 Å². The van der Waals surface area contributed by atoms with E-state index in [1.54, 1.807) is 24.5 Å². The largest absolute Gasteiger partial charge is 0.465 e. The molecule has 5 heteroatoms. The Morgan fingerprint density at radius 1 is 1.19 bits per heavy atom. The highest BCUT2D eigenvalue weighted by Gasteiger charge is 2.59. The number of carbonyl (C=O) groups is 2. The second kappa shape index (κ2) is 4.55. The molecule has 4 atom stereocenters. The van der Waals surface area contributed by atoms with Crippen LogP contribution in [0.4, 0.5) is 0 Å². The van der Waals surface area contributed by atoms with Crippen LogP contribution < -0.4 is 0 Å². The minimum absolute atomic E-state index is 0.163. The zero-order chi connectivity index (χ0) is 14.4. The summed E-state index contributed by atoms with van der Waals surface area (Å²) in [4.78, 5) is 24.6. The Bertz CT molecular complexity index is 642. The summed E-state index contributed by atoms with van der Waals surface area (Å²) >= 11 is 0. The van der Waals surface area contributed by atoms with Crippen LogP contribution in [0.2, 0.25) is 0 Å². The Hall–Kier alpha value is -2.43. The summed E-state index contributed by atoms with van der Waals surface area (Å²) in [5.74, 6) is 0.414. The van der Waals surface area contributed by atoms with Crippen molar-refractivity contribution in [3.63, 3.8) is 0 Å². The average molecular weight is 282 g/mol. The molecule has 2 amide bonds. The van der Waals surface area contributed by atoms with Crippen molar-refractivity contribution in [2.24, 2.45) is 28.8 Å². The van der Waals surface area contributed by atoms with Gasteiger partial charge in [0.2, 0.25) is 0 Å². The molecule has 2 bridgehead atoms. The zero-order valence-electron chi connectivity index (χ0n) is 11.3. The molecular weight excluding hydrogens is 268 g/mol. The quantitative estimate of drug-likeness (QED) is 0.484. The molecule has 2 fully saturated rings. The van der Waals surface area contributed by atoms with Gasteiger partial charge in [-0.3, -0.25) is 9.59 Å². The number of hydrazone groups is 1. The molecule has 4 rings (SSSR count). The van der Waals surface area contributed by atoms with Crippen LogP contribution in [0.1, 0.15) is 12.2 Å². The van der Waals surface area contributed by atoms with Crippen molar-refractivity contribution in [3.05, 3.63) is 42.4 Å². The zero-order valence-corrected chi connectivity index (χ0v) is 11.3. The maximum atomic E-state index is 12.3. The SMILES string of the molecule is O=C1[C@@H]2[C@H](C(=O)N1N=C/C=C/c1ccco1)[C@H]1C=C[C@H]2C1. The smallest absolute Gasteiger partial charge is 0.254 e. The van der Waals surface area contributed by atoms with E-state index in [1.165, 1.54) is 6.21 Å². The summed E-state index contributed by atoms with van der Waals surface area (Å²) in [7, 11) is 0. The summed E-state index contributed by atoms with van der Waals surface area (Å²) < 4.78 is 5.14. The van der Waals surface area contributed by atoms with Gasteiger partial charge in [0, 0.05) is 6.21 Å².